The normalized spacial score (nSPS) is 14.8. The van der Waals surface area contributed by atoms with Crippen LogP contribution in [0.4, 0.5) is 16.4 Å². The summed E-state index contributed by atoms with van der Waals surface area (Å²) in [5, 5.41) is 0. The fourth-order valence-electron chi connectivity index (χ4n) is 3.48. The molecule has 0 unspecified atom stereocenters. The van der Waals surface area contributed by atoms with Crippen LogP contribution in [0, 0.1) is 0 Å². The summed E-state index contributed by atoms with van der Waals surface area (Å²) in [5.74, 6) is 0.0703. The van der Waals surface area contributed by atoms with Crippen LogP contribution in [-0.2, 0) is 9.47 Å². The molecule has 3 rings (SSSR count). The van der Waals surface area contributed by atoms with Crippen molar-refractivity contribution in [2.45, 2.75) is 52.2 Å². The van der Waals surface area contributed by atoms with Gasteiger partial charge >= 0.3 is 12.1 Å². The number of likely N-dealkylation sites (tertiary alicyclic amines) is 1. The SMILES string of the molecule is CCOC(=O)c1cnc(N(c2ccccc2)C2CCN(C(=O)OC(C)(C)C)CC2)nc1. The molecule has 1 amide bonds. The number of hydrogen-bond donors (Lipinski definition) is 0. The second kappa shape index (κ2) is 9.76. The number of rotatable bonds is 5. The number of piperidine rings is 1. The van der Waals surface area contributed by atoms with Crippen molar-refractivity contribution in [3.05, 3.63) is 48.3 Å². The Labute approximate surface area is 183 Å². The lowest BCUT2D eigenvalue weighted by Crippen LogP contribution is -2.47. The summed E-state index contributed by atoms with van der Waals surface area (Å²) in [7, 11) is 0. The van der Waals surface area contributed by atoms with Gasteiger partial charge in [0, 0.05) is 37.2 Å². The summed E-state index contributed by atoms with van der Waals surface area (Å²) in [6.07, 6.45) is 4.19. The van der Waals surface area contributed by atoms with Crippen molar-refractivity contribution < 1.29 is 19.1 Å². The Morgan fingerprint density at radius 3 is 2.26 bits per heavy atom. The smallest absolute Gasteiger partial charge is 0.410 e. The average molecular weight is 427 g/mol. The predicted molar refractivity (Wildman–Crippen MR) is 117 cm³/mol. The number of para-hydroxylation sites is 1. The molecular formula is C23H30N4O4. The van der Waals surface area contributed by atoms with Crippen LogP contribution in [0.25, 0.3) is 0 Å². The van der Waals surface area contributed by atoms with E-state index in [0.29, 0.717) is 31.2 Å². The van der Waals surface area contributed by atoms with Crippen LogP contribution in [-0.4, -0.2) is 58.3 Å². The Balaban J connectivity index is 1.77. The molecule has 1 aliphatic heterocycles. The molecule has 31 heavy (non-hydrogen) atoms. The van der Waals surface area contributed by atoms with E-state index in [0.717, 1.165) is 18.5 Å². The van der Waals surface area contributed by atoms with E-state index in [1.807, 2.05) is 51.1 Å². The third-order valence-corrected chi connectivity index (χ3v) is 4.88. The zero-order valence-electron chi connectivity index (χ0n) is 18.6. The van der Waals surface area contributed by atoms with E-state index in [9.17, 15) is 9.59 Å². The second-order valence-electron chi connectivity index (χ2n) is 8.40. The van der Waals surface area contributed by atoms with E-state index >= 15 is 0 Å². The van der Waals surface area contributed by atoms with Gasteiger partial charge in [-0.25, -0.2) is 19.6 Å². The highest BCUT2D eigenvalue weighted by Gasteiger charge is 2.31. The molecule has 0 radical (unpaired) electrons. The van der Waals surface area contributed by atoms with Crippen molar-refractivity contribution in [2.75, 3.05) is 24.6 Å². The minimum absolute atomic E-state index is 0.106. The molecule has 1 saturated heterocycles. The zero-order valence-corrected chi connectivity index (χ0v) is 18.6. The Bertz CT molecular complexity index is 873. The summed E-state index contributed by atoms with van der Waals surface area (Å²) < 4.78 is 10.5. The number of carbonyl (C=O) groups excluding carboxylic acids is 2. The molecule has 2 heterocycles. The molecular weight excluding hydrogens is 396 g/mol. The number of esters is 1. The molecule has 2 aromatic rings. The molecule has 0 N–H and O–H groups in total. The number of amides is 1. The lowest BCUT2D eigenvalue weighted by Gasteiger charge is -2.38. The molecule has 1 fully saturated rings. The van der Waals surface area contributed by atoms with Gasteiger partial charge in [0.15, 0.2) is 0 Å². The fourth-order valence-corrected chi connectivity index (χ4v) is 3.48. The number of ether oxygens (including phenoxy) is 2. The van der Waals surface area contributed by atoms with Crippen molar-refractivity contribution in [3.63, 3.8) is 0 Å². The molecule has 0 bridgehead atoms. The van der Waals surface area contributed by atoms with E-state index in [2.05, 4.69) is 14.9 Å². The van der Waals surface area contributed by atoms with E-state index in [1.54, 1.807) is 11.8 Å². The van der Waals surface area contributed by atoms with Gasteiger partial charge < -0.3 is 19.3 Å². The maximum Gasteiger partial charge on any atom is 0.410 e. The molecule has 8 nitrogen and oxygen atoms in total. The van der Waals surface area contributed by atoms with Gasteiger partial charge in [0.2, 0.25) is 5.95 Å². The fraction of sp³-hybridized carbons (Fsp3) is 0.478. The first kappa shape index (κ1) is 22.5. The van der Waals surface area contributed by atoms with Crippen molar-refractivity contribution in [1.82, 2.24) is 14.9 Å². The van der Waals surface area contributed by atoms with Crippen LogP contribution in [0.1, 0.15) is 50.9 Å². The first-order valence-electron chi connectivity index (χ1n) is 10.6. The van der Waals surface area contributed by atoms with E-state index < -0.39 is 11.6 Å². The predicted octanol–water partition coefficient (Wildman–Crippen LogP) is 4.19. The van der Waals surface area contributed by atoms with Crippen LogP contribution in [0.15, 0.2) is 42.7 Å². The van der Waals surface area contributed by atoms with Gasteiger partial charge in [0.25, 0.3) is 0 Å². The molecule has 0 saturated carbocycles. The number of hydrogen-bond acceptors (Lipinski definition) is 7. The number of anilines is 2. The summed E-state index contributed by atoms with van der Waals surface area (Å²) in [6.45, 7) is 8.83. The summed E-state index contributed by atoms with van der Waals surface area (Å²) in [5.41, 5.74) is 0.763. The van der Waals surface area contributed by atoms with Crippen molar-refractivity contribution in [2.24, 2.45) is 0 Å². The molecule has 0 spiro atoms. The van der Waals surface area contributed by atoms with Gasteiger partial charge in [0.05, 0.1) is 12.2 Å². The van der Waals surface area contributed by atoms with Gasteiger partial charge in [-0.15, -0.1) is 0 Å². The summed E-state index contributed by atoms with van der Waals surface area (Å²) in [6, 6.07) is 9.99. The molecule has 0 aliphatic carbocycles. The van der Waals surface area contributed by atoms with Gasteiger partial charge in [0.1, 0.15) is 5.60 Å². The molecule has 1 aliphatic rings. The molecule has 166 valence electrons. The first-order valence-corrected chi connectivity index (χ1v) is 10.6. The quantitative estimate of drug-likeness (QED) is 0.663. The minimum Gasteiger partial charge on any atom is -0.462 e. The number of nitrogens with zero attached hydrogens (tertiary/aromatic N) is 4. The Morgan fingerprint density at radius 2 is 1.71 bits per heavy atom. The lowest BCUT2D eigenvalue weighted by atomic mass is 10.0. The van der Waals surface area contributed by atoms with Crippen LogP contribution < -0.4 is 4.90 Å². The van der Waals surface area contributed by atoms with Crippen molar-refractivity contribution in [3.8, 4) is 0 Å². The standard InChI is InChI=1S/C23H30N4O4/c1-5-30-20(28)17-15-24-21(25-16-17)27(18-9-7-6-8-10-18)19-11-13-26(14-12-19)22(29)31-23(2,3)4/h6-10,15-16,19H,5,11-14H2,1-4H3. The summed E-state index contributed by atoms with van der Waals surface area (Å²) in [4.78, 5) is 37.0. The van der Waals surface area contributed by atoms with Crippen LogP contribution in [0.5, 0.6) is 0 Å². The topological polar surface area (TPSA) is 84.9 Å². The number of aromatic nitrogens is 2. The first-order chi connectivity index (χ1) is 14.8. The van der Waals surface area contributed by atoms with Crippen LogP contribution in [0.3, 0.4) is 0 Å². The molecule has 1 aromatic heterocycles. The molecule has 0 atom stereocenters. The molecule has 1 aromatic carbocycles. The highest BCUT2D eigenvalue weighted by atomic mass is 16.6. The maximum atomic E-state index is 12.4. The Kier molecular flexibility index (Phi) is 7.09. The van der Waals surface area contributed by atoms with Gasteiger partial charge in [-0.05, 0) is 52.7 Å². The van der Waals surface area contributed by atoms with Crippen LogP contribution >= 0.6 is 0 Å². The minimum atomic E-state index is -0.515. The summed E-state index contributed by atoms with van der Waals surface area (Å²) >= 11 is 0. The highest BCUT2D eigenvalue weighted by Crippen LogP contribution is 2.30. The van der Waals surface area contributed by atoms with E-state index in [1.165, 1.54) is 12.4 Å². The number of carbonyl (C=O) groups is 2. The second-order valence-corrected chi connectivity index (χ2v) is 8.40. The Morgan fingerprint density at radius 1 is 1.10 bits per heavy atom. The number of benzene rings is 1. The lowest BCUT2D eigenvalue weighted by molar-refractivity contribution is 0.0206. The Hall–Kier alpha value is -3.16. The van der Waals surface area contributed by atoms with Gasteiger partial charge in [-0.1, -0.05) is 18.2 Å². The largest absolute Gasteiger partial charge is 0.462 e. The highest BCUT2D eigenvalue weighted by molar-refractivity contribution is 5.88. The average Bonchev–Trinajstić information content (AvgIpc) is 2.75. The van der Waals surface area contributed by atoms with E-state index in [4.69, 9.17) is 9.47 Å². The zero-order chi connectivity index (χ0) is 22.4. The van der Waals surface area contributed by atoms with Gasteiger partial charge in [-0.2, -0.15) is 0 Å². The third-order valence-electron chi connectivity index (χ3n) is 4.88. The van der Waals surface area contributed by atoms with Crippen molar-refractivity contribution >= 4 is 23.7 Å². The van der Waals surface area contributed by atoms with E-state index in [-0.39, 0.29) is 12.1 Å². The molecule has 8 heteroatoms. The van der Waals surface area contributed by atoms with Crippen LogP contribution in [0.2, 0.25) is 0 Å². The maximum absolute atomic E-state index is 12.4. The third kappa shape index (κ3) is 5.93. The van der Waals surface area contributed by atoms with Crippen molar-refractivity contribution in [1.29, 1.82) is 0 Å². The van der Waals surface area contributed by atoms with Gasteiger partial charge in [-0.3, -0.25) is 0 Å². The monoisotopic (exact) mass is 426 g/mol.